The predicted octanol–water partition coefficient (Wildman–Crippen LogP) is 4.35. The van der Waals surface area contributed by atoms with E-state index in [0.29, 0.717) is 6.61 Å². The van der Waals surface area contributed by atoms with Crippen LogP contribution in [0.2, 0.25) is 0 Å². The van der Waals surface area contributed by atoms with Crippen molar-refractivity contribution >= 4 is 5.97 Å². The topological polar surface area (TPSA) is 87.0 Å². The summed E-state index contributed by atoms with van der Waals surface area (Å²) in [5.41, 5.74) is 0.0174. The highest BCUT2D eigenvalue weighted by molar-refractivity contribution is 5.91. The lowest BCUT2D eigenvalue weighted by molar-refractivity contribution is 0.0496. The Morgan fingerprint density at radius 1 is 0.955 bits per heavy atom. The van der Waals surface area contributed by atoms with E-state index in [-0.39, 0.29) is 5.56 Å². The van der Waals surface area contributed by atoms with Crippen molar-refractivity contribution < 1.29 is 24.9 Å². The third-order valence-electron chi connectivity index (χ3n) is 3.04. The lowest BCUT2D eigenvalue weighted by Crippen LogP contribution is -2.06. The standard InChI is InChI=1S/C15H22O5.C2H6/c1-2-3-4-5-6-7-8-20-15(19)11-9-12(16)14(18)13(17)10-11;1-2/h9-10,16-18H,2-8H2,1H3;1-2H3. The van der Waals surface area contributed by atoms with E-state index >= 15 is 0 Å². The Kier molecular flexibility index (Phi) is 10.7. The van der Waals surface area contributed by atoms with Gasteiger partial charge in [0.05, 0.1) is 12.2 Å². The van der Waals surface area contributed by atoms with Gasteiger partial charge in [-0.1, -0.05) is 52.9 Å². The van der Waals surface area contributed by atoms with Crippen LogP contribution in [0.25, 0.3) is 0 Å². The van der Waals surface area contributed by atoms with Gasteiger partial charge in [-0.05, 0) is 18.6 Å². The largest absolute Gasteiger partial charge is 0.504 e. The Morgan fingerprint density at radius 3 is 2.00 bits per heavy atom. The van der Waals surface area contributed by atoms with Gasteiger partial charge in [0.25, 0.3) is 0 Å². The van der Waals surface area contributed by atoms with Gasteiger partial charge >= 0.3 is 5.97 Å². The average Bonchev–Trinajstić information content (AvgIpc) is 2.53. The Labute approximate surface area is 132 Å². The van der Waals surface area contributed by atoms with Gasteiger partial charge in [-0.25, -0.2) is 4.79 Å². The van der Waals surface area contributed by atoms with Crippen molar-refractivity contribution in [1.29, 1.82) is 0 Å². The fraction of sp³-hybridized carbons (Fsp3) is 0.588. The summed E-state index contributed by atoms with van der Waals surface area (Å²) in [6, 6.07) is 2.14. The number of phenols is 3. The summed E-state index contributed by atoms with van der Waals surface area (Å²) in [6.45, 7) is 6.47. The molecular formula is C17H28O5. The summed E-state index contributed by atoms with van der Waals surface area (Å²) in [4.78, 5) is 11.7. The summed E-state index contributed by atoms with van der Waals surface area (Å²) in [6.07, 6.45) is 6.57. The van der Waals surface area contributed by atoms with Crippen LogP contribution in [0.5, 0.6) is 17.2 Å². The minimum absolute atomic E-state index is 0.0174. The molecule has 0 aromatic heterocycles. The number of unbranched alkanes of at least 4 members (excludes halogenated alkanes) is 5. The van der Waals surface area contributed by atoms with E-state index in [2.05, 4.69) is 6.92 Å². The van der Waals surface area contributed by atoms with Crippen LogP contribution in [0, 0.1) is 0 Å². The highest BCUT2D eigenvalue weighted by atomic mass is 16.5. The zero-order valence-corrected chi connectivity index (χ0v) is 13.8. The van der Waals surface area contributed by atoms with Crippen LogP contribution in [-0.4, -0.2) is 27.9 Å². The van der Waals surface area contributed by atoms with Gasteiger partial charge in [0.15, 0.2) is 17.2 Å². The monoisotopic (exact) mass is 312 g/mol. The van der Waals surface area contributed by atoms with E-state index in [4.69, 9.17) is 4.74 Å². The molecule has 0 amide bonds. The smallest absolute Gasteiger partial charge is 0.338 e. The number of hydrogen-bond acceptors (Lipinski definition) is 5. The highest BCUT2D eigenvalue weighted by Gasteiger charge is 2.14. The van der Waals surface area contributed by atoms with Crippen molar-refractivity contribution in [2.45, 2.75) is 59.3 Å². The molecule has 0 aliphatic carbocycles. The molecule has 0 heterocycles. The Hall–Kier alpha value is -1.91. The van der Waals surface area contributed by atoms with Crippen LogP contribution in [-0.2, 0) is 4.74 Å². The molecule has 3 N–H and O–H groups in total. The fourth-order valence-electron chi connectivity index (χ4n) is 1.85. The van der Waals surface area contributed by atoms with E-state index in [1.165, 1.54) is 19.3 Å². The molecule has 0 aliphatic rings. The maximum atomic E-state index is 11.7. The maximum absolute atomic E-state index is 11.7. The van der Waals surface area contributed by atoms with Crippen molar-refractivity contribution in [2.75, 3.05) is 6.61 Å². The van der Waals surface area contributed by atoms with E-state index in [1.54, 1.807) is 0 Å². The molecule has 0 saturated carbocycles. The zero-order valence-electron chi connectivity index (χ0n) is 13.8. The van der Waals surface area contributed by atoms with Gasteiger partial charge in [-0.15, -0.1) is 0 Å². The number of phenolic OH excluding ortho intramolecular Hbond substituents is 3. The number of ether oxygens (including phenoxy) is 1. The van der Waals surface area contributed by atoms with E-state index in [1.807, 2.05) is 13.8 Å². The molecule has 1 aromatic rings. The maximum Gasteiger partial charge on any atom is 0.338 e. The number of rotatable bonds is 8. The fourth-order valence-corrected chi connectivity index (χ4v) is 1.85. The summed E-state index contributed by atoms with van der Waals surface area (Å²) < 4.78 is 5.04. The normalized spacial score (nSPS) is 9.77. The molecule has 126 valence electrons. The molecule has 0 radical (unpaired) electrons. The van der Waals surface area contributed by atoms with Gasteiger partial charge in [0.1, 0.15) is 0 Å². The number of aromatic hydroxyl groups is 3. The molecule has 0 spiro atoms. The first-order valence-corrected chi connectivity index (χ1v) is 7.98. The van der Waals surface area contributed by atoms with Crippen molar-refractivity contribution in [3.8, 4) is 17.2 Å². The van der Waals surface area contributed by atoms with Crippen LogP contribution < -0.4 is 0 Å². The number of hydrogen-bond donors (Lipinski definition) is 3. The lowest BCUT2D eigenvalue weighted by atomic mass is 10.1. The second kappa shape index (κ2) is 11.7. The molecule has 1 aromatic carbocycles. The highest BCUT2D eigenvalue weighted by Crippen LogP contribution is 2.35. The second-order valence-corrected chi connectivity index (χ2v) is 4.77. The molecule has 22 heavy (non-hydrogen) atoms. The van der Waals surface area contributed by atoms with Crippen molar-refractivity contribution in [2.24, 2.45) is 0 Å². The molecule has 5 heteroatoms. The van der Waals surface area contributed by atoms with Gasteiger partial charge < -0.3 is 20.1 Å². The summed E-state index contributed by atoms with van der Waals surface area (Å²) in [7, 11) is 0. The first-order valence-electron chi connectivity index (χ1n) is 7.98. The average molecular weight is 312 g/mol. The number of carbonyl (C=O) groups excluding carboxylic acids is 1. The molecular weight excluding hydrogens is 284 g/mol. The third-order valence-corrected chi connectivity index (χ3v) is 3.04. The molecule has 0 aliphatic heterocycles. The molecule has 5 nitrogen and oxygen atoms in total. The second-order valence-electron chi connectivity index (χ2n) is 4.77. The van der Waals surface area contributed by atoms with E-state index in [9.17, 15) is 20.1 Å². The van der Waals surface area contributed by atoms with Crippen molar-refractivity contribution in [3.05, 3.63) is 17.7 Å². The minimum Gasteiger partial charge on any atom is -0.504 e. The van der Waals surface area contributed by atoms with Crippen LogP contribution in [0.3, 0.4) is 0 Å². The molecule has 0 unspecified atom stereocenters. The van der Waals surface area contributed by atoms with Crippen LogP contribution in [0.4, 0.5) is 0 Å². The zero-order chi connectivity index (χ0) is 17.0. The van der Waals surface area contributed by atoms with Crippen molar-refractivity contribution in [1.82, 2.24) is 0 Å². The van der Waals surface area contributed by atoms with Crippen LogP contribution in [0.15, 0.2) is 12.1 Å². The van der Waals surface area contributed by atoms with Crippen molar-refractivity contribution in [3.63, 3.8) is 0 Å². The summed E-state index contributed by atoms with van der Waals surface area (Å²) in [5.74, 6) is -2.35. The minimum atomic E-state index is -0.641. The summed E-state index contributed by atoms with van der Waals surface area (Å²) >= 11 is 0. The van der Waals surface area contributed by atoms with Gasteiger partial charge in [-0.3, -0.25) is 0 Å². The Morgan fingerprint density at radius 2 is 1.45 bits per heavy atom. The SMILES string of the molecule is CC.CCCCCCCCOC(=O)c1cc(O)c(O)c(O)c1. The van der Waals surface area contributed by atoms with Crippen LogP contribution >= 0.6 is 0 Å². The van der Waals surface area contributed by atoms with Crippen LogP contribution in [0.1, 0.15) is 69.7 Å². The lowest BCUT2D eigenvalue weighted by Gasteiger charge is -2.07. The third kappa shape index (κ3) is 7.20. The van der Waals surface area contributed by atoms with E-state index in [0.717, 1.165) is 31.4 Å². The summed E-state index contributed by atoms with van der Waals surface area (Å²) in [5, 5.41) is 27.8. The molecule has 0 atom stereocenters. The van der Waals surface area contributed by atoms with Gasteiger partial charge in [0.2, 0.25) is 0 Å². The molecule has 0 fully saturated rings. The molecule has 0 bridgehead atoms. The Bertz CT molecular complexity index is 420. The number of carbonyl (C=O) groups is 1. The van der Waals surface area contributed by atoms with Gasteiger partial charge in [0, 0.05) is 0 Å². The first kappa shape index (κ1) is 20.1. The van der Waals surface area contributed by atoms with Gasteiger partial charge in [-0.2, -0.15) is 0 Å². The molecule has 1 rings (SSSR count). The number of benzene rings is 1. The quantitative estimate of drug-likeness (QED) is 0.377. The molecule has 0 saturated heterocycles. The first-order chi connectivity index (χ1) is 10.6. The Balaban J connectivity index is 0.00000211. The predicted molar refractivity (Wildman–Crippen MR) is 86.4 cm³/mol. The number of esters is 1. The van der Waals surface area contributed by atoms with E-state index < -0.39 is 23.2 Å².